The van der Waals surface area contributed by atoms with Gasteiger partial charge in [0.25, 0.3) is 0 Å². The van der Waals surface area contributed by atoms with Crippen LogP contribution in [0.5, 0.6) is 0 Å². The number of hydrogen-bond donors (Lipinski definition) is 1. The summed E-state index contributed by atoms with van der Waals surface area (Å²) in [6.07, 6.45) is 2.52. The quantitative estimate of drug-likeness (QED) is 0.758. The topological polar surface area (TPSA) is 84.1 Å². The molecule has 1 saturated carbocycles. The molecule has 0 atom stereocenters. The lowest BCUT2D eigenvalue weighted by molar-refractivity contribution is 0.424. The Labute approximate surface area is 145 Å². The summed E-state index contributed by atoms with van der Waals surface area (Å²) in [5.74, 6) is 3.89. The minimum atomic E-state index is 0.587. The molecule has 2 aliphatic rings. The zero-order valence-electron chi connectivity index (χ0n) is 14.1. The van der Waals surface area contributed by atoms with E-state index in [9.17, 15) is 0 Å². The summed E-state index contributed by atoms with van der Waals surface area (Å²) in [6.45, 7) is 4.79. The average Bonchev–Trinajstić information content (AvgIpc) is 3.39. The first-order chi connectivity index (χ1) is 12.3. The standard InChI is InChI=1S/C17H20N8/c1-11-19-22-16-6-7-17(23-25(11)16)24-9-12(10-24)8-18-15-5-4-14(20-21-15)13-2-3-13/h4-7,12-13H,2-3,8-10H2,1H3,(H,18,21). The van der Waals surface area contributed by atoms with Gasteiger partial charge < -0.3 is 10.2 Å². The minimum absolute atomic E-state index is 0.587. The lowest BCUT2D eigenvalue weighted by Crippen LogP contribution is -2.50. The van der Waals surface area contributed by atoms with Gasteiger partial charge in [0.2, 0.25) is 0 Å². The van der Waals surface area contributed by atoms with Crippen molar-refractivity contribution in [1.82, 2.24) is 30.0 Å². The van der Waals surface area contributed by atoms with E-state index in [2.05, 4.69) is 41.8 Å². The van der Waals surface area contributed by atoms with Gasteiger partial charge in [-0.15, -0.1) is 20.4 Å². The van der Waals surface area contributed by atoms with Gasteiger partial charge >= 0.3 is 0 Å². The van der Waals surface area contributed by atoms with E-state index in [1.54, 1.807) is 4.52 Å². The Hall–Kier alpha value is -2.77. The Morgan fingerprint density at radius 1 is 1.04 bits per heavy atom. The Morgan fingerprint density at radius 3 is 2.68 bits per heavy atom. The first kappa shape index (κ1) is 14.6. The molecule has 8 nitrogen and oxygen atoms in total. The lowest BCUT2D eigenvalue weighted by Gasteiger charge is -2.40. The van der Waals surface area contributed by atoms with Gasteiger partial charge in [-0.2, -0.15) is 9.61 Å². The van der Waals surface area contributed by atoms with Crippen molar-refractivity contribution in [2.45, 2.75) is 25.7 Å². The van der Waals surface area contributed by atoms with E-state index in [1.807, 2.05) is 25.1 Å². The summed E-state index contributed by atoms with van der Waals surface area (Å²) in [6, 6.07) is 8.11. The highest BCUT2D eigenvalue weighted by Gasteiger charge is 2.28. The summed E-state index contributed by atoms with van der Waals surface area (Å²) in [5.41, 5.74) is 1.92. The van der Waals surface area contributed by atoms with E-state index in [-0.39, 0.29) is 0 Å². The fourth-order valence-corrected chi connectivity index (χ4v) is 3.22. The lowest BCUT2D eigenvalue weighted by atomic mass is 10.0. The molecule has 0 amide bonds. The maximum Gasteiger partial charge on any atom is 0.178 e. The van der Waals surface area contributed by atoms with Crippen molar-refractivity contribution in [2.75, 3.05) is 29.9 Å². The van der Waals surface area contributed by atoms with Gasteiger partial charge in [0.15, 0.2) is 11.5 Å². The van der Waals surface area contributed by atoms with Crippen LogP contribution >= 0.6 is 0 Å². The van der Waals surface area contributed by atoms with Crippen molar-refractivity contribution in [3.63, 3.8) is 0 Å². The van der Waals surface area contributed by atoms with Gasteiger partial charge in [-0.05, 0) is 44.0 Å². The second-order valence-corrected chi connectivity index (χ2v) is 6.98. The van der Waals surface area contributed by atoms with Crippen LogP contribution in [-0.4, -0.2) is 49.6 Å². The maximum atomic E-state index is 4.62. The van der Waals surface area contributed by atoms with Gasteiger partial charge in [-0.25, -0.2) is 0 Å². The molecule has 0 spiro atoms. The van der Waals surface area contributed by atoms with Crippen molar-refractivity contribution in [3.8, 4) is 0 Å². The van der Waals surface area contributed by atoms with E-state index < -0.39 is 0 Å². The smallest absolute Gasteiger partial charge is 0.178 e. The van der Waals surface area contributed by atoms with Crippen LogP contribution in [0.3, 0.4) is 0 Å². The summed E-state index contributed by atoms with van der Waals surface area (Å²) in [5, 5.41) is 24.7. The van der Waals surface area contributed by atoms with E-state index in [4.69, 9.17) is 0 Å². The predicted molar refractivity (Wildman–Crippen MR) is 93.7 cm³/mol. The van der Waals surface area contributed by atoms with Crippen LogP contribution in [0.15, 0.2) is 24.3 Å². The molecule has 2 fully saturated rings. The van der Waals surface area contributed by atoms with Crippen LogP contribution in [0.4, 0.5) is 11.6 Å². The second kappa shape index (κ2) is 5.65. The molecule has 0 unspecified atom stereocenters. The van der Waals surface area contributed by atoms with Crippen LogP contribution in [0, 0.1) is 12.8 Å². The Morgan fingerprint density at radius 2 is 1.92 bits per heavy atom. The highest BCUT2D eigenvalue weighted by Crippen LogP contribution is 2.38. The van der Waals surface area contributed by atoms with Crippen LogP contribution < -0.4 is 10.2 Å². The van der Waals surface area contributed by atoms with Gasteiger partial charge in [0.05, 0.1) is 5.69 Å². The molecule has 1 saturated heterocycles. The van der Waals surface area contributed by atoms with E-state index in [0.717, 1.165) is 48.4 Å². The maximum absolute atomic E-state index is 4.62. The largest absolute Gasteiger partial charge is 0.368 e. The third-order valence-corrected chi connectivity index (χ3v) is 4.94. The number of nitrogens with zero attached hydrogens (tertiary/aromatic N) is 7. The molecule has 3 aromatic heterocycles. The van der Waals surface area contributed by atoms with Gasteiger partial charge in [0.1, 0.15) is 11.6 Å². The third-order valence-electron chi connectivity index (χ3n) is 4.94. The fraction of sp³-hybridized carbons (Fsp3) is 0.471. The normalized spacial score (nSPS) is 17.7. The predicted octanol–water partition coefficient (Wildman–Crippen LogP) is 1.65. The fourth-order valence-electron chi connectivity index (χ4n) is 3.22. The zero-order chi connectivity index (χ0) is 16.8. The molecule has 0 radical (unpaired) electrons. The molecule has 4 heterocycles. The summed E-state index contributed by atoms with van der Waals surface area (Å²) >= 11 is 0. The van der Waals surface area contributed by atoms with Crippen molar-refractivity contribution < 1.29 is 0 Å². The molecular weight excluding hydrogens is 316 g/mol. The minimum Gasteiger partial charge on any atom is -0.368 e. The number of aryl methyl sites for hydroxylation is 1. The van der Waals surface area contributed by atoms with Gasteiger partial charge in [-0.1, -0.05) is 0 Å². The first-order valence-electron chi connectivity index (χ1n) is 8.78. The summed E-state index contributed by atoms with van der Waals surface area (Å²) in [4.78, 5) is 2.27. The molecule has 0 bridgehead atoms. The number of aromatic nitrogens is 6. The van der Waals surface area contributed by atoms with E-state index in [0.29, 0.717) is 11.8 Å². The second-order valence-electron chi connectivity index (χ2n) is 6.98. The monoisotopic (exact) mass is 336 g/mol. The number of anilines is 2. The van der Waals surface area contributed by atoms with Crippen LogP contribution in [-0.2, 0) is 0 Å². The third kappa shape index (κ3) is 2.77. The van der Waals surface area contributed by atoms with Crippen molar-refractivity contribution in [1.29, 1.82) is 0 Å². The molecule has 5 rings (SSSR count). The van der Waals surface area contributed by atoms with Gasteiger partial charge in [-0.3, -0.25) is 0 Å². The Balaban J connectivity index is 1.16. The van der Waals surface area contributed by atoms with E-state index in [1.165, 1.54) is 12.8 Å². The Kier molecular flexibility index (Phi) is 3.29. The number of fused-ring (bicyclic) bond motifs is 1. The Bertz CT molecular complexity index is 893. The molecule has 25 heavy (non-hydrogen) atoms. The van der Waals surface area contributed by atoms with Crippen LogP contribution in [0.1, 0.15) is 30.3 Å². The first-order valence-corrected chi connectivity index (χ1v) is 8.78. The molecule has 128 valence electrons. The summed E-state index contributed by atoms with van der Waals surface area (Å²) in [7, 11) is 0. The van der Waals surface area contributed by atoms with Crippen molar-refractivity contribution in [3.05, 3.63) is 35.8 Å². The molecule has 1 aliphatic carbocycles. The average molecular weight is 336 g/mol. The summed E-state index contributed by atoms with van der Waals surface area (Å²) < 4.78 is 1.79. The van der Waals surface area contributed by atoms with Gasteiger partial charge in [0, 0.05) is 31.5 Å². The zero-order valence-corrected chi connectivity index (χ0v) is 14.1. The molecular formula is C17H20N8. The highest BCUT2D eigenvalue weighted by atomic mass is 15.4. The van der Waals surface area contributed by atoms with Crippen molar-refractivity contribution >= 4 is 17.3 Å². The molecule has 0 aromatic carbocycles. The molecule has 3 aromatic rings. The molecule has 8 heteroatoms. The van der Waals surface area contributed by atoms with E-state index >= 15 is 0 Å². The number of hydrogen-bond acceptors (Lipinski definition) is 7. The SMILES string of the molecule is Cc1nnc2ccc(N3CC(CNc4ccc(C5CC5)nn4)C3)nn12. The van der Waals surface area contributed by atoms with Crippen LogP contribution in [0.25, 0.3) is 5.65 Å². The molecule has 1 aliphatic heterocycles. The number of nitrogens with one attached hydrogen (secondary N) is 1. The van der Waals surface area contributed by atoms with Crippen molar-refractivity contribution in [2.24, 2.45) is 5.92 Å². The van der Waals surface area contributed by atoms with Crippen LogP contribution in [0.2, 0.25) is 0 Å². The molecule has 1 N–H and O–H groups in total. The highest BCUT2D eigenvalue weighted by molar-refractivity contribution is 5.47. The number of rotatable bonds is 5.